The standard InChI is InChI=1S/C10H8INO2/c1-6(13)7-3-4-9(14-2)8(5-12)10(7)11/h3-4H,1-2H3. The third-order valence-corrected chi connectivity index (χ3v) is 2.94. The van der Waals surface area contributed by atoms with Crippen molar-refractivity contribution >= 4 is 28.4 Å². The second-order valence-electron chi connectivity index (χ2n) is 2.67. The zero-order chi connectivity index (χ0) is 10.7. The van der Waals surface area contributed by atoms with Gasteiger partial charge in [0.1, 0.15) is 17.4 Å². The van der Waals surface area contributed by atoms with E-state index in [4.69, 9.17) is 10.00 Å². The minimum absolute atomic E-state index is 0.0476. The molecule has 0 aromatic heterocycles. The highest BCUT2D eigenvalue weighted by Crippen LogP contribution is 2.26. The molecular weight excluding hydrogens is 293 g/mol. The zero-order valence-electron chi connectivity index (χ0n) is 7.80. The first-order valence-corrected chi connectivity index (χ1v) is 4.97. The molecule has 0 saturated heterocycles. The first-order chi connectivity index (χ1) is 6.61. The molecule has 0 amide bonds. The van der Waals surface area contributed by atoms with Crippen LogP contribution in [-0.2, 0) is 0 Å². The summed E-state index contributed by atoms with van der Waals surface area (Å²) in [4.78, 5) is 11.2. The largest absolute Gasteiger partial charge is 0.495 e. The van der Waals surface area contributed by atoms with E-state index in [0.29, 0.717) is 20.4 Å². The van der Waals surface area contributed by atoms with E-state index in [1.165, 1.54) is 14.0 Å². The van der Waals surface area contributed by atoms with Gasteiger partial charge in [-0.1, -0.05) is 0 Å². The molecule has 4 heteroatoms. The van der Waals surface area contributed by atoms with E-state index < -0.39 is 0 Å². The second-order valence-corrected chi connectivity index (χ2v) is 3.75. The van der Waals surface area contributed by atoms with Crippen molar-refractivity contribution < 1.29 is 9.53 Å². The highest BCUT2D eigenvalue weighted by molar-refractivity contribution is 14.1. The molecule has 0 bridgehead atoms. The summed E-state index contributed by atoms with van der Waals surface area (Å²) < 4.78 is 5.66. The predicted molar refractivity (Wildman–Crippen MR) is 60.4 cm³/mol. The average Bonchev–Trinajstić information content (AvgIpc) is 2.16. The Kier molecular flexibility index (Phi) is 3.47. The molecule has 0 aliphatic heterocycles. The number of nitriles is 1. The SMILES string of the molecule is COc1ccc(C(C)=O)c(I)c1C#N. The van der Waals surface area contributed by atoms with Crippen LogP contribution in [0.5, 0.6) is 5.75 Å². The van der Waals surface area contributed by atoms with Gasteiger partial charge in [-0.2, -0.15) is 5.26 Å². The average molecular weight is 301 g/mol. The Morgan fingerprint density at radius 1 is 1.57 bits per heavy atom. The van der Waals surface area contributed by atoms with Crippen LogP contribution in [-0.4, -0.2) is 12.9 Å². The normalized spacial score (nSPS) is 9.29. The lowest BCUT2D eigenvalue weighted by Gasteiger charge is -2.06. The molecule has 0 N–H and O–H groups in total. The monoisotopic (exact) mass is 301 g/mol. The Balaban J connectivity index is 3.44. The number of rotatable bonds is 2. The number of methoxy groups -OCH3 is 1. The van der Waals surface area contributed by atoms with Crippen LogP contribution in [0.15, 0.2) is 12.1 Å². The van der Waals surface area contributed by atoms with Gasteiger partial charge in [0, 0.05) is 9.13 Å². The van der Waals surface area contributed by atoms with Crippen LogP contribution in [0.3, 0.4) is 0 Å². The van der Waals surface area contributed by atoms with Crippen LogP contribution in [0.4, 0.5) is 0 Å². The molecule has 0 saturated carbocycles. The van der Waals surface area contributed by atoms with Crippen molar-refractivity contribution in [1.29, 1.82) is 5.26 Å². The van der Waals surface area contributed by atoms with Gasteiger partial charge in [-0.3, -0.25) is 4.79 Å². The van der Waals surface area contributed by atoms with E-state index >= 15 is 0 Å². The molecule has 0 atom stereocenters. The van der Waals surface area contributed by atoms with Gasteiger partial charge in [-0.25, -0.2) is 0 Å². The lowest BCUT2D eigenvalue weighted by atomic mass is 10.1. The fraction of sp³-hybridized carbons (Fsp3) is 0.200. The maximum atomic E-state index is 11.2. The number of carbonyl (C=O) groups excluding carboxylic acids is 1. The Bertz CT molecular complexity index is 421. The van der Waals surface area contributed by atoms with Crippen molar-refractivity contribution in [2.24, 2.45) is 0 Å². The highest BCUT2D eigenvalue weighted by atomic mass is 127. The molecule has 0 spiro atoms. The number of hydrogen-bond acceptors (Lipinski definition) is 3. The van der Waals surface area contributed by atoms with Crippen molar-refractivity contribution in [2.45, 2.75) is 6.92 Å². The quantitative estimate of drug-likeness (QED) is 0.622. The Hall–Kier alpha value is -1.09. The van der Waals surface area contributed by atoms with Crippen LogP contribution in [0.25, 0.3) is 0 Å². The Labute approximate surface area is 95.8 Å². The highest BCUT2D eigenvalue weighted by Gasteiger charge is 2.13. The molecule has 1 aromatic carbocycles. The Morgan fingerprint density at radius 2 is 2.21 bits per heavy atom. The van der Waals surface area contributed by atoms with Crippen LogP contribution in [0, 0.1) is 14.9 Å². The van der Waals surface area contributed by atoms with Gasteiger partial charge in [-0.15, -0.1) is 0 Å². The van der Waals surface area contributed by atoms with E-state index in [1.54, 1.807) is 12.1 Å². The topological polar surface area (TPSA) is 50.1 Å². The number of carbonyl (C=O) groups is 1. The zero-order valence-corrected chi connectivity index (χ0v) is 9.95. The summed E-state index contributed by atoms with van der Waals surface area (Å²) >= 11 is 1.98. The van der Waals surface area contributed by atoms with E-state index in [0.717, 1.165) is 0 Å². The summed E-state index contributed by atoms with van der Waals surface area (Å²) in [7, 11) is 1.50. The van der Waals surface area contributed by atoms with Gasteiger partial charge in [0.05, 0.1) is 7.11 Å². The summed E-state index contributed by atoms with van der Waals surface area (Å²) in [5, 5.41) is 8.89. The van der Waals surface area contributed by atoms with E-state index in [-0.39, 0.29) is 5.78 Å². The molecule has 14 heavy (non-hydrogen) atoms. The van der Waals surface area contributed by atoms with E-state index in [2.05, 4.69) is 0 Å². The summed E-state index contributed by atoms with van der Waals surface area (Å²) in [6.45, 7) is 1.48. The molecule has 1 aromatic rings. The molecule has 0 fully saturated rings. The number of Topliss-reactive ketones (excluding diaryl/α,β-unsaturated/α-hetero) is 1. The number of ketones is 1. The number of benzene rings is 1. The maximum absolute atomic E-state index is 11.2. The molecule has 0 aliphatic rings. The van der Waals surface area contributed by atoms with Gasteiger partial charge in [0.15, 0.2) is 5.78 Å². The minimum atomic E-state index is -0.0476. The summed E-state index contributed by atoms with van der Waals surface area (Å²) in [5.41, 5.74) is 0.976. The first kappa shape index (κ1) is 11.0. The second kappa shape index (κ2) is 4.42. The number of ether oxygens (including phenoxy) is 1. The number of nitrogens with zero attached hydrogens (tertiary/aromatic N) is 1. The smallest absolute Gasteiger partial charge is 0.160 e. The van der Waals surface area contributed by atoms with E-state index in [1.807, 2.05) is 28.7 Å². The van der Waals surface area contributed by atoms with Crippen molar-refractivity contribution in [1.82, 2.24) is 0 Å². The Morgan fingerprint density at radius 3 is 2.64 bits per heavy atom. The molecule has 1 rings (SSSR count). The van der Waals surface area contributed by atoms with Gasteiger partial charge < -0.3 is 4.74 Å². The third kappa shape index (κ3) is 1.87. The number of halogens is 1. The van der Waals surface area contributed by atoms with Crippen LogP contribution in [0.1, 0.15) is 22.8 Å². The van der Waals surface area contributed by atoms with Crippen molar-refractivity contribution in [3.05, 3.63) is 26.8 Å². The van der Waals surface area contributed by atoms with Gasteiger partial charge in [0.2, 0.25) is 0 Å². The van der Waals surface area contributed by atoms with Crippen molar-refractivity contribution in [2.75, 3.05) is 7.11 Å². The molecule has 0 unspecified atom stereocenters. The fourth-order valence-electron chi connectivity index (χ4n) is 1.10. The third-order valence-electron chi connectivity index (χ3n) is 1.81. The summed E-state index contributed by atoms with van der Waals surface area (Å²) in [6.07, 6.45) is 0. The molecule has 0 aliphatic carbocycles. The summed E-state index contributed by atoms with van der Waals surface area (Å²) in [6, 6.07) is 5.33. The fourth-order valence-corrected chi connectivity index (χ4v) is 2.05. The molecular formula is C10H8INO2. The molecule has 3 nitrogen and oxygen atoms in total. The van der Waals surface area contributed by atoms with Crippen molar-refractivity contribution in [3.63, 3.8) is 0 Å². The lowest BCUT2D eigenvalue weighted by molar-refractivity contribution is 0.101. The lowest BCUT2D eigenvalue weighted by Crippen LogP contribution is -2.00. The van der Waals surface area contributed by atoms with E-state index in [9.17, 15) is 4.79 Å². The van der Waals surface area contributed by atoms with Crippen LogP contribution in [0.2, 0.25) is 0 Å². The van der Waals surface area contributed by atoms with Gasteiger partial charge in [-0.05, 0) is 41.6 Å². The minimum Gasteiger partial charge on any atom is -0.495 e. The molecule has 0 radical (unpaired) electrons. The molecule has 0 heterocycles. The van der Waals surface area contributed by atoms with Crippen LogP contribution < -0.4 is 4.74 Å². The first-order valence-electron chi connectivity index (χ1n) is 3.89. The van der Waals surface area contributed by atoms with Crippen LogP contribution >= 0.6 is 22.6 Å². The number of hydrogen-bond donors (Lipinski definition) is 0. The van der Waals surface area contributed by atoms with Crippen molar-refractivity contribution in [3.8, 4) is 11.8 Å². The predicted octanol–water partition coefficient (Wildman–Crippen LogP) is 2.37. The van der Waals surface area contributed by atoms with Gasteiger partial charge >= 0.3 is 0 Å². The maximum Gasteiger partial charge on any atom is 0.160 e. The molecule has 72 valence electrons. The van der Waals surface area contributed by atoms with Gasteiger partial charge in [0.25, 0.3) is 0 Å². The summed E-state index contributed by atoms with van der Waals surface area (Å²) in [5.74, 6) is 0.454.